The van der Waals surface area contributed by atoms with Gasteiger partial charge < -0.3 is 4.42 Å². The van der Waals surface area contributed by atoms with Crippen LogP contribution in [0.3, 0.4) is 0 Å². The number of furan rings is 1. The molecule has 0 atom stereocenters. The molecule has 2 heterocycles. The van der Waals surface area contributed by atoms with Gasteiger partial charge in [-0.3, -0.25) is 4.79 Å². The van der Waals surface area contributed by atoms with Gasteiger partial charge in [0.15, 0.2) is 5.76 Å². The number of aryl methyl sites for hydroxylation is 2. The Morgan fingerprint density at radius 3 is 2.74 bits per heavy atom. The minimum Gasteiger partial charge on any atom is -0.452 e. The fourth-order valence-corrected chi connectivity index (χ4v) is 2.97. The maximum Gasteiger partial charge on any atom is 0.229 e. The summed E-state index contributed by atoms with van der Waals surface area (Å²) in [7, 11) is 0. The van der Waals surface area contributed by atoms with Crippen LogP contribution in [0.15, 0.2) is 34.1 Å². The van der Waals surface area contributed by atoms with Crippen molar-refractivity contribution in [3.8, 4) is 0 Å². The second-order valence-corrected chi connectivity index (χ2v) is 6.07. The van der Waals surface area contributed by atoms with Gasteiger partial charge in [-0.2, -0.15) is 0 Å². The van der Waals surface area contributed by atoms with Gasteiger partial charge in [0, 0.05) is 21.9 Å². The normalized spacial score (nSPS) is 11.1. The molecule has 0 aliphatic rings. The molecule has 0 fully saturated rings. The average molecular weight is 291 g/mol. The molecule has 0 saturated carbocycles. The number of ketones is 1. The molecule has 0 radical (unpaired) electrons. The minimum absolute atomic E-state index is 0.116. The van der Waals surface area contributed by atoms with E-state index in [0.29, 0.717) is 15.7 Å². The molecule has 3 aromatic rings. The Morgan fingerprint density at radius 2 is 2.05 bits per heavy atom. The molecule has 4 heteroatoms. The van der Waals surface area contributed by atoms with Gasteiger partial charge >= 0.3 is 0 Å². The van der Waals surface area contributed by atoms with E-state index in [9.17, 15) is 4.79 Å². The number of halogens is 1. The molecule has 0 saturated heterocycles. The quantitative estimate of drug-likeness (QED) is 0.622. The number of fused-ring (bicyclic) bond motifs is 1. The van der Waals surface area contributed by atoms with Crippen molar-refractivity contribution in [3.63, 3.8) is 0 Å². The van der Waals surface area contributed by atoms with Crippen LogP contribution < -0.4 is 0 Å². The molecule has 3 rings (SSSR count). The van der Waals surface area contributed by atoms with Gasteiger partial charge in [-0.1, -0.05) is 23.2 Å². The van der Waals surface area contributed by atoms with Crippen LogP contribution in [0.25, 0.3) is 11.0 Å². The molecular formula is C15H11ClO2S. The van der Waals surface area contributed by atoms with Crippen molar-refractivity contribution in [1.82, 2.24) is 0 Å². The van der Waals surface area contributed by atoms with Crippen molar-refractivity contribution in [2.45, 2.75) is 13.8 Å². The van der Waals surface area contributed by atoms with E-state index in [0.717, 1.165) is 22.1 Å². The lowest BCUT2D eigenvalue weighted by Gasteiger charge is -1.94. The van der Waals surface area contributed by atoms with E-state index in [2.05, 4.69) is 0 Å². The first kappa shape index (κ1) is 12.5. The van der Waals surface area contributed by atoms with Crippen molar-refractivity contribution < 1.29 is 9.21 Å². The highest BCUT2D eigenvalue weighted by Crippen LogP contribution is 2.29. The summed E-state index contributed by atoms with van der Waals surface area (Å²) in [5, 5.41) is 2.74. The molecule has 0 bridgehead atoms. The number of hydrogen-bond acceptors (Lipinski definition) is 3. The summed E-state index contributed by atoms with van der Waals surface area (Å²) < 4.78 is 6.30. The molecule has 0 spiro atoms. The van der Waals surface area contributed by atoms with Gasteiger partial charge in [0.1, 0.15) is 5.58 Å². The van der Waals surface area contributed by atoms with Crippen molar-refractivity contribution in [3.05, 3.63) is 56.4 Å². The van der Waals surface area contributed by atoms with E-state index < -0.39 is 0 Å². The van der Waals surface area contributed by atoms with Crippen molar-refractivity contribution >= 4 is 39.7 Å². The molecule has 2 aromatic heterocycles. The molecule has 0 aliphatic heterocycles. The van der Waals surface area contributed by atoms with Crippen LogP contribution in [-0.2, 0) is 0 Å². The topological polar surface area (TPSA) is 30.2 Å². The fraction of sp³-hybridized carbons (Fsp3) is 0.133. The first-order valence-electron chi connectivity index (χ1n) is 5.85. The van der Waals surface area contributed by atoms with Crippen LogP contribution >= 0.6 is 22.9 Å². The standard InChI is InChI=1S/C15H11ClO2S/c1-8-3-4-12-11(5-8)9(2)15(18-12)14(17)10-6-13(16)19-7-10/h3-7H,1-2H3. The Morgan fingerprint density at radius 1 is 1.26 bits per heavy atom. The van der Waals surface area contributed by atoms with Gasteiger partial charge in [-0.15, -0.1) is 11.3 Å². The summed E-state index contributed by atoms with van der Waals surface area (Å²) in [4.78, 5) is 12.4. The van der Waals surface area contributed by atoms with Crippen molar-refractivity contribution in [2.24, 2.45) is 0 Å². The molecule has 0 unspecified atom stereocenters. The highest BCUT2D eigenvalue weighted by atomic mass is 35.5. The van der Waals surface area contributed by atoms with Crippen LogP contribution in [0, 0.1) is 13.8 Å². The van der Waals surface area contributed by atoms with Gasteiger partial charge in [-0.25, -0.2) is 0 Å². The highest BCUT2D eigenvalue weighted by molar-refractivity contribution is 7.14. The molecular weight excluding hydrogens is 280 g/mol. The number of rotatable bonds is 2. The van der Waals surface area contributed by atoms with Crippen LogP contribution in [0.2, 0.25) is 4.34 Å². The fourth-order valence-electron chi connectivity index (χ4n) is 2.11. The van der Waals surface area contributed by atoms with E-state index in [1.54, 1.807) is 11.4 Å². The minimum atomic E-state index is -0.116. The number of carbonyl (C=O) groups is 1. The monoisotopic (exact) mass is 290 g/mol. The molecule has 1 aromatic carbocycles. The second kappa shape index (κ2) is 4.51. The summed E-state index contributed by atoms with van der Waals surface area (Å²) in [6.07, 6.45) is 0. The number of thiophene rings is 1. The summed E-state index contributed by atoms with van der Waals surface area (Å²) >= 11 is 7.21. The number of carbonyl (C=O) groups excluding carboxylic acids is 1. The van der Waals surface area contributed by atoms with E-state index in [1.807, 2.05) is 32.0 Å². The maximum absolute atomic E-state index is 12.4. The van der Waals surface area contributed by atoms with Crippen LogP contribution in [-0.4, -0.2) is 5.78 Å². The van der Waals surface area contributed by atoms with E-state index in [1.165, 1.54) is 11.3 Å². The predicted molar refractivity (Wildman–Crippen MR) is 78.4 cm³/mol. The molecule has 0 aliphatic carbocycles. The first-order valence-corrected chi connectivity index (χ1v) is 7.10. The summed E-state index contributed by atoms with van der Waals surface area (Å²) in [6, 6.07) is 7.58. The molecule has 96 valence electrons. The molecule has 19 heavy (non-hydrogen) atoms. The first-order chi connectivity index (χ1) is 9.06. The van der Waals surface area contributed by atoms with E-state index in [4.69, 9.17) is 16.0 Å². The van der Waals surface area contributed by atoms with E-state index >= 15 is 0 Å². The van der Waals surface area contributed by atoms with Gasteiger partial charge in [0.25, 0.3) is 0 Å². The lowest BCUT2D eigenvalue weighted by Crippen LogP contribution is -1.99. The Balaban J connectivity index is 2.15. The van der Waals surface area contributed by atoms with Crippen LogP contribution in [0.5, 0.6) is 0 Å². The average Bonchev–Trinajstić information content (AvgIpc) is 2.94. The zero-order chi connectivity index (χ0) is 13.6. The lowest BCUT2D eigenvalue weighted by atomic mass is 10.1. The zero-order valence-electron chi connectivity index (χ0n) is 10.5. The second-order valence-electron chi connectivity index (χ2n) is 4.52. The van der Waals surface area contributed by atoms with Gasteiger partial charge in [0.2, 0.25) is 5.78 Å². The third-order valence-corrected chi connectivity index (χ3v) is 4.22. The summed E-state index contributed by atoms with van der Waals surface area (Å²) in [6.45, 7) is 3.93. The Bertz CT molecular complexity index is 783. The molecule has 0 N–H and O–H groups in total. The van der Waals surface area contributed by atoms with Crippen molar-refractivity contribution in [1.29, 1.82) is 0 Å². The Kier molecular flexibility index (Phi) is 2.96. The predicted octanol–water partition coefficient (Wildman–Crippen LogP) is 5.00. The Hall–Kier alpha value is -1.58. The van der Waals surface area contributed by atoms with Crippen LogP contribution in [0.1, 0.15) is 27.2 Å². The summed E-state index contributed by atoms with van der Waals surface area (Å²) in [5.41, 5.74) is 3.35. The third kappa shape index (κ3) is 2.09. The highest BCUT2D eigenvalue weighted by Gasteiger charge is 2.20. The smallest absolute Gasteiger partial charge is 0.229 e. The third-order valence-electron chi connectivity index (χ3n) is 3.13. The molecule has 2 nitrogen and oxygen atoms in total. The molecule has 0 amide bonds. The SMILES string of the molecule is Cc1ccc2oc(C(=O)c3csc(Cl)c3)c(C)c2c1. The lowest BCUT2D eigenvalue weighted by molar-refractivity contribution is 0.101. The van der Waals surface area contributed by atoms with E-state index in [-0.39, 0.29) is 5.78 Å². The van der Waals surface area contributed by atoms with Crippen molar-refractivity contribution in [2.75, 3.05) is 0 Å². The maximum atomic E-state index is 12.4. The number of benzene rings is 1. The number of hydrogen-bond donors (Lipinski definition) is 0. The van der Waals surface area contributed by atoms with Gasteiger partial charge in [0.05, 0.1) is 4.34 Å². The van der Waals surface area contributed by atoms with Crippen LogP contribution in [0.4, 0.5) is 0 Å². The Labute approximate surface area is 119 Å². The zero-order valence-corrected chi connectivity index (χ0v) is 12.1. The largest absolute Gasteiger partial charge is 0.452 e. The van der Waals surface area contributed by atoms with Gasteiger partial charge in [-0.05, 0) is 32.0 Å². The summed E-state index contributed by atoms with van der Waals surface area (Å²) in [5.74, 6) is 0.282.